The minimum atomic E-state index is -1.15. The molecule has 4 aliphatic rings. The second-order valence-corrected chi connectivity index (χ2v) is 10.4. The van der Waals surface area contributed by atoms with E-state index in [1.54, 1.807) is 6.08 Å². The number of carbonyl (C=O) groups is 4. The lowest BCUT2D eigenvalue weighted by atomic mass is 9.68. The topological polar surface area (TPSA) is 124 Å². The molecule has 7 atom stereocenters. The maximum atomic E-state index is 12.8. The van der Waals surface area contributed by atoms with E-state index in [2.05, 4.69) is 13.8 Å². The zero-order chi connectivity index (χ0) is 24.8. The number of carbonyl (C=O) groups excluding carboxylic acids is 4. The van der Waals surface area contributed by atoms with Crippen LogP contribution >= 0.6 is 0 Å². The van der Waals surface area contributed by atoms with Gasteiger partial charge < -0.3 is 28.4 Å². The summed E-state index contributed by atoms with van der Waals surface area (Å²) in [5.74, 6) is -3.29. The van der Waals surface area contributed by atoms with Gasteiger partial charge in [0.15, 0.2) is 12.4 Å². The van der Waals surface area contributed by atoms with E-state index >= 15 is 0 Å². The SMILES string of the molecule is CC(=O)O[C@H]1O[C@H]2O[C@H]3OC(=O)C(=CC[C@]4(OC(C)=O)CCCC(C)(C)C4)[C@H]3[C@H]2[C@@H]1OC(C)=O. The lowest BCUT2D eigenvalue weighted by Gasteiger charge is -2.44. The van der Waals surface area contributed by atoms with Crippen LogP contribution in [0.25, 0.3) is 0 Å². The van der Waals surface area contributed by atoms with Gasteiger partial charge >= 0.3 is 23.9 Å². The Bertz CT molecular complexity index is 907. The molecule has 3 heterocycles. The number of fused-ring (bicyclic) bond motifs is 3. The van der Waals surface area contributed by atoms with Gasteiger partial charge in [0.1, 0.15) is 5.60 Å². The van der Waals surface area contributed by atoms with Crippen LogP contribution in [-0.4, -0.2) is 54.5 Å². The molecule has 0 aromatic carbocycles. The van der Waals surface area contributed by atoms with Crippen molar-refractivity contribution in [1.29, 1.82) is 0 Å². The van der Waals surface area contributed by atoms with Gasteiger partial charge in [-0.25, -0.2) is 4.79 Å². The Kier molecular flexibility index (Phi) is 6.50. The smallest absolute Gasteiger partial charge is 0.336 e. The van der Waals surface area contributed by atoms with E-state index in [4.69, 9.17) is 28.4 Å². The highest BCUT2D eigenvalue weighted by Gasteiger charge is 2.64. The van der Waals surface area contributed by atoms with Crippen molar-refractivity contribution in [3.05, 3.63) is 11.6 Å². The Labute approximate surface area is 198 Å². The first-order valence-corrected chi connectivity index (χ1v) is 11.7. The zero-order valence-electron chi connectivity index (χ0n) is 20.2. The van der Waals surface area contributed by atoms with Gasteiger partial charge in [-0.3, -0.25) is 14.4 Å². The Morgan fingerprint density at radius 2 is 1.71 bits per heavy atom. The number of esters is 4. The summed E-state index contributed by atoms with van der Waals surface area (Å²) in [5, 5.41) is 0. The molecule has 1 aliphatic carbocycles. The molecule has 0 bridgehead atoms. The summed E-state index contributed by atoms with van der Waals surface area (Å²) in [4.78, 5) is 48.0. The molecule has 0 N–H and O–H groups in total. The molecule has 0 amide bonds. The molecule has 10 heteroatoms. The van der Waals surface area contributed by atoms with E-state index < -0.39 is 60.3 Å². The van der Waals surface area contributed by atoms with Crippen LogP contribution in [0.5, 0.6) is 0 Å². The fourth-order valence-corrected chi connectivity index (χ4v) is 5.94. The summed E-state index contributed by atoms with van der Waals surface area (Å²) in [6, 6.07) is 0. The van der Waals surface area contributed by atoms with Gasteiger partial charge in [-0.2, -0.15) is 0 Å². The van der Waals surface area contributed by atoms with Crippen LogP contribution in [0.2, 0.25) is 0 Å². The molecule has 0 unspecified atom stereocenters. The molecule has 10 nitrogen and oxygen atoms in total. The molecule has 0 spiro atoms. The summed E-state index contributed by atoms with van der Waals surface area (Å²) < 4.78 is 33.4. The number of ether oxygens (including phenoxy) is 6. The minimum Gasteiger partial charge on any atom is -0.459 e. The van der Waals surface area contributed by atoms with Crippen LogP contribution in [0.4, 0.5) is 0 Å². The zero-order valence-corrected chi connectivity index (χ0v) is 20.2. The van der Waals surface area contributed by atoms with Crippen LogP contribution < -0.4 is 0 Å². The summed E-state index contributed by atoms with van der Waals surface area (Å²) in [7, 11) is 0. The molecular weight excluding hydrogens is 448 g/mol. The van der Waals surface area contributed by atoms with E-state index in [1.165, 1.54) is 20.8 Å². The number of hydrogen-bond acceptors (Lipinski definition) is 10. The number of hydrogen-bond donors (Lipinski definition) is 0. The van der Waals surface area contributed by atoms with Crippen LogP contribution in [0, 0.1) is 17.3 Å². The van der Waals surface area contributed by atoms with Crippen LogP contribution in [0.3, 0.4) is 0 Å². The first-order chi connectivity index (χ1) is 15.9. The average molecular weight is 481 g/mol. The van der Waals surface area contributed by atoms with Gasteiger partial charge in [0.05, 0.1) is 11.8 Å². The van der Waals surface area contributed by atoms with Crippen molar-refractivity contribution in [3.8, 4) is 0 Å². The van der Waals surface area contributed by atoms with Crippen molar-refractivity contribution in [2.45, 2.75) is 97.3 Å². The predicted molar refractivity (Wildman–Crippen MR) is 113 cm³/mol. The highest BCUT2D eigenvalue weighted by molar-refractivity contribution is 5.91. The third-order valence-corrected chi connectivity index (χ3v) is 6.95. The van der Waals surface area contributed by atoms with Gasteiger partial charge in [-0.1, -0.05) is 19.9 Å². The third kappa shape index (κ3) is 4.84. The van der Waals surface area contributed by atoms with Crippen molar-refractivity contribution in [2.75, 3.05) is 0 Å². The highest BCUT2D eigenvalue weighted by Crippen LogP contribution is 2.52. The van der Waals surface area contributed by atoms with Crippen LogP contribution in [0.15, 0.2) is 11.6 Å². The van der Waals surface area contributed by atoms with Crippen molar-refractivity contribution in [2.24, 2.45) is 17.3 Å². The molecule has 0 aromatic heterocycles. The maximum Gasteiger partial charge on any atom is 0.336 e. The van der Waals surface area contributed by atoms with Crippen molar-refractivity contribution in [1.82, 2.24) is 0 Å². The Morgan fingerprint density at radius 1 is 1.00 bits per heavy atom. The summed E-state index contributed by atoms with van der Waals surface area (Å²) in [5.41, 5.74) is -0.375. The lowest BCUT2D eigenvalue weighted by molar-refractivity contribution is -0.244. The second-order valence-electron chi connectivity index (χ2n) is 10.4. The lowest BCUT2D eigenvalue weighted by Crippen LogP contribution is -2.42. The molecule has 188 valence electrons. The van der Waals surface area contributed by atoms with Gasteiger partial charge in [0.25, 0.3) is 0 Å². The largest absolute Gasteiger partial charge is 0.459 e. The van der Waals surface area contributed by atoms with Crippen LogP contribution in [0.1, 0.15) is 66.7 Å². The standard InChI is InChI=1S/C24H32O10/c1-12(25)29-18-17-16-15(7-10-24(34-14(3)27)9-6-8-23(4,5)11-24)19(28)31-20(16)32-21(17)33-22(18)30-13(2)26/h7,16-18,20-22H,6,8-11H2,1-5H3/t16-,17-,18-,20+,21+,22-,24+/m0/s1. The molecule has 34 heavy (non-hydrogen) atoms. The van der Waals surface area contributed by atoms with Gasteiger partial charge in [-0.05, 0) is 31.1 Å². The fraction of sp³-hybridized carbons (Fsp3) is 0.750. The maximum absolute atomic E-state index is 12.8. The fourth-order valence-electron chi connectivity index (χ4n) is 5.94. The van der Waals surface area contributed by atoms with E-state index in [-0.39, 0.29) is 11.4 Å². The Morgan fingerprint density at radius 3 is 2.32 bits per heavy atom. The van der Waals surface area contributed by atoms with Crippen molar-refractivity contribution < 1.29 is 47.6 Å². The first-order valence-electron chi connectivity index (χ1n) is 11.7. The number of rotatable bonds is 5. The Hall–Kier alpha value is -2.46. The highest BCUT2D eigenvalue weighted by atomic mass is 16.8. The second kappa shape index (κ2) is 8.96. The minimum absolute atomic E-state index is 0.0105. The molecular formula is C24H32O10. The van der Waals surface area contributed by atoms with E-state index in [1.807, 2.05) is 0 Å². The molecule has 4 rings (SSSR count). The van der Waals surface area contributed by atoms with Gasteiger partial charge in [0, 0.05) is 32.8 Å². The van der Waals surface area contributed by atoms with Gasteiger partial charge in [0.2, 0.25) is 12.6 Å². The van der Waals surface area contributed by atoms with E-state index in [0.29, 0.717) is 24.8 Å². The average Bonchev–Trinajstić information content (AvgIpc) is 3.26. The monoisotopic (exact) mass is 480 g/mol. The quantitative estimate of drug-likeness (QED) is 0.329. The molecule has 0 aromatic rings. The van der Waals surface area contributed by atoms with E-state index in [0.717, 1.165) is 12.8 Å². The third-order valence-electron chi connectivity index (χ3n) is 6.95. The molecule has 3 aliphatic heterocycles. The first kappa shape index (κ1) is 24.7. The van der Waals surface area contributed by atoms with Gasteiger partial charge in [-0.15, -0.1) is 0 Å². The van der Waals surface area contributed by atoms with E-state index in [9.17, 15) is 19.2 Å². The summed E-state index contributed by atoms with van der Waals surface area (Å²) >= 11 is 0. The molecule has 1 saturated carbocycles. The predicted octanol–water partition coefficient (Wildman–Crippen LogP) is 2.53. The summed E-state index contributed by atoms with van der Waals surface area (Å²) in [6.45, 7) is 8.13. The summed E-state index contributed by atoms with van der Waals surface area (Å²) in [6.07, 6.45) is 1.49. The Balaban J connectivity index is 1.62. The molecule has 4 fully saturated rings. The van der Waals surface area contributed by atoms with Crippen molar-refractivity contribution in [3.63, 3.8) is 0 Å². The van der Waals surface area contributed by atoms with Crippen LogP contribution in [-0.2, 0) is 47.6 Å². The van der Waals surface area contributed by atoms with Crippen molar-refractivity contribution >= 4 is 23.9 Å². The normalized spacial score (nSPS) is 39.2. The molecule has 0 radical (unpaired) electrons. The molecule has 3 saturated heterocycles.